The number of carbonyl (C=O) groups is 2. The lowest BCUT2D eigenvalue weighted by Gasteiger charge is -2.37. The zero-order chi connectivity index (χ0) is 27.2. The molecule has 0 aromatic carbocycles. The fourth-order valence-corrected chi connectivity index (χ4v) is 5.48. The van der Waals surface area contributed by atoms with Crippen LogP contribution in [0.25, 0.3) is 0 Å². The molecule has 3 fully saturated rings. The molecule has 3 aliphatic rings. The first kappa shape index (κ1) is 30.2. The summed E-state index contributed by atoms with van der Waals surface area (Å²) in [7, 11) is 2.03. The van der Waals surface area contributed by atoms with Crippen molar-refractivity contribution in [3.05, 3.63) is 0 Å². The van der Waals surface area contributed by atoms with E-state index in [-0.39, 0.29) is 7.33 Å². The maximum atomic E-state index is 13.7. The van der Waals surface area contributed by atoms with Gasteiger partial charge in [-0.25, -0.2) is 9.79 Å². The van der Waals surface area contributed by atoms with Crippen molar-refractivity contribution in [1.82, 2.24) is 20.4 Å². The molecule has 0 unspecified atom stereocenters. The number of morpholine rings is 1. The monoisotopic (exact) mass is 534 g/mol. The quantitative estimate of drug-likeness (QED) is 0.249. The molecule has 2 heterocycles. The third-order valence-corrected chi connectivity index (χ3v) is 8.03. The minimum atomic E-state index is -0.881. The number of unbranched alkanes of at least 4 members (excludes halogenated alkanes) is 3. The smallest absolute Gasteiger partial charge is 0.413 e. The molecule has 2 N–H and O–H groups in total. The summed E-state index contributed by atoms with van der Waals surface area (Å²) in [6, 6.07) is 1.70. The van der Waals surface area contributed by atoms with Gasteiger partial charge < -0.3 is 24.6 Å². The highest BCUT2D eigenvalue weighted by atomic mass is 16.5. The fourth-order valence-electron chi connectivity index (χ4n) is 5.48. The second-order valence-corrected chi connectivity index (χ2v) is 11.1. The summed E-state index contributed by atoms with van der Waals surface area (Å²) in [6.07, 6.45) is 11.0. The number of nitriles is 1. The Morgan fingerprint density at radius 1 is 1.13 bits per heavy atom. The molecule has 10 nitrogen and oxygen atoms in total. The number of ether oxygens (including phenoxy) is 2. The number of nitrogens with one attached hydrogen (secondary N) is 2. The van der Waals surface area contributed by atoms with Crippen LogP contribution in [-0.4, -0.2) is 92.4 Å². The van der Waals surface area contributed by atoms with E-state index in [4.69, 9.17) is 14.5 Å². The van der Waals surface area contributed by atoms with Gasteiger partial charge in [0.25, 0.3) is 0 Å². The molecule has 1 saturated carbocycles. The van der Waals surface area contributed by atoms with E-state index in [2.05, 4.69) is 28.5 Å². The number of rotatable bonds is 10. The molecule has 0 aromatic heterocycles. The Balaban J connectivity index is 0.00000533. The van der Waals surface area contributed by atoms with Gasteiger partial charge in [-0.15, -0.1) is 0 Å². The lowest BCUT2D eigenvalue weighted by molar-refractivity contribution is -0.124. The highest BCUT2D eigenvalue weighted by Gasteiger charge is 2.38. The van der Waals surface area contributed by atoms with Crippen LogP contribution in [0.4, 0.5) is 4.79 Å². The summed E-state index contributed by atoms with van der Waals surface area (Å²) in [4.78, 5) is 35.4. The number of aliphatic imine (C=N–C) groups is 1. The summed E-state index contributed by atoms with van der Waals surface area (Å²) >= 11 is 0. The predicted octanol–water partition coefficient (Wildman–Crippen LogP) is 3.67. The standard InChI is InChI=1S/C28H48N6O4.H2/c1-3-4-5-9-18-38-27(36)31-26(34-16-19-37-20-17-34)30-24(21-23-10-7-6-8-11-23)25(35)32-28(22-29)12-14-33(2)15-13-28;/h23-24H,3-21H2,1-2H3,(H,32,35)(H,30,31,36);1H/t24-;/m0./s1. The Labute approximate surface area is 230 Å². The summed E-state index contributed by atoms with van der Waals surface area (Å²) in [5.41, 5.74) is -0.881. The van der Waals surface area contributed by atoms with Crippen molar-refractivity contribution in [2.45, 2.75) is 95.6 Å². The van der Waals surface area contributed by atoms with Gasteiger partial charge in [0, 0.05) is 27.6 Å². The van der Waals surface area contributed by atoms with E-state index in [9.17, 15) is 14.9 Å². The van der Waals surface area contributed by atoms with Gasteiger partial charge in [-0.05, 0) is 38.6 Å². The second kappa shape index (κ2) is 15.9. The van der Waals surface area contributed by atoms with Crippen molar-refractivity contribution in [2.75, 3.05) is 53.0 Å². The molecule has 0 spiro atoms. The summed E-state index contributed by atoms with van der Waals surface area (Å²) in [6.45, 7) is 6.21. The third-order valence-electron chi connectivity index (χ3n) is 8.03. The van der Waals surface area contributed by atoms with Crippen molar-refractivity contribution in [3.8, 4) is 6.07 Å². The van der Waals surface area contributed by atoms with Crippen molar-refractivity contribution in [1.29, 1.82) is 5.26 Å². The van der Waals surface area contributed by atoms with Crippen LogP contribution in [-0.2, 0) is 14.3 Å². The van der Waals surface area contributed by atoms with E-state index in [1.54, 1.807) is 0 Å². The molecule has 216 valence electrons. The van der Waals surface area contributed by atoms with Crippen LogP contribution in [0, 0.1) is 17.2 Å². The van der Waals surface area contributed by atoms with Gasteiger partial charge in [0.05, 0.1) is 25.9 Å². The normalized spacial score (nSPS) is 21.8. The first-order valence-electron chi connectivity index (χ1n) is 14.7. The SMILES string of the molecule is CCCCCCOC(=O)NC(=N[C@@H](CC1CCCCC1)C(=O)NC1(C#N)CCN(C)CC1)N1CCOCC1.[HH]. The van der Waals surface area contributed by atoms with E-state index in [1.807, 2.05) is 11.9 Å². The van der Waals surface area contributed by atoms with Gasteiger partial charge >= 0.3 is 6.09 Å². The van der Waals surface area contributed by atoms with E-state index in [0.717, 1.165) is 64.5 Å². The topological polar surface area (TPSA) is 119 Å². The highest BCUT2D eigenvalue weighted by Crippen LogP contribution is 2.29. The van der Waals surface area contributed by atoms with Gasteiger partial charge in [0.2, 0.25) is 11.9 Å². The van der Waals surface area contributed by atoms with Gasteiger partial charge in [-0.1, -0.05) is 58.3 Å². The minimum Gasteiger partial charge on any atom is -0.449 e. The highest BCUT2D eigenvalue weighted by molar-refractivity contribution is 5.96. The van der Waals surface area contributed by atoms with E-state index in [0.29, 0.717) is 64.1 Å². The zero-order valence-corrected chi connectivity index (χ0v) is 23.5. The Kier molecular flexibility index (Phi) is 12.6. The average molecular weight is 535 g/mol. The largest absolute Gasteiger partial charge is 0.449 e. The molecule has 1 atom stereocenters. The van der Waals surface area contributed by atoms with E-state index >= 15 is 0 Å². The summed E-state index contributed by atoms with van der Waals surface area (Å²) in [5.74, 6) is 0.523. The van der Waals surface area contributed by atoms with Crippen molar-refractivity contribution < 1.29 is 20.5 Å². The fraction of sp³-hybridized carbons (Fsp3) is 0.857. The Hall–Kier alpha value is -2.38. The summed E-state index contributed by atoms with van der Waals surface area (Å²) < 4.78 is 10.9. The molecule has 3 rings (SSSR count). The van der Waals surface area contributed by atoms with Crippen LogP contribution < -0.4 is 10.6 Å². The molecule has 0 aromatic rings. The lowest BCUT2D eigenvalue weighted by atomic mass is 9.84. The number of likely N-dealkylation sites (tertiary alicyclic amines) is 1. The number of hydrogen-bond acceptors (Lipinski definition) is 7. The zero-order valence-electron chi connectivity index (χ0n) is 23.5. The van der Waals surface area contributed by atoms with Gasteiger partial charge in [-0.3, -0.25) is 10.1 Å². The number of amides is 2. The molecule has 2 aliphatic heterocycles. The van der Waals surface area contributed by atoms with Crippen molar-refractivity contribution >= 4 is 18.0 Å². The van der Waals surface area contributed by atoms with Gasteiger partial charge in [0.15, 0.2) is 0 Å². The molecular weight excluding hydrogens is 484 g/mol. The van der Waals surface area contributed by atoms with E-state index in [1.165, 1.54) is 6.42 Å². The first-order valence-corrected chi connectivity index (χ1v) is 14.7. The minimum absolute atomic E-state index is 0. The van der Waals surface area contributed by atoms with Crippen LogP contribution in [0.1, 0.15) is 85.4 Å². The Bertz CT molecular complexity index is 815. The average Bonchev–Trinajstić information content (AvgIpc) is 2.94. The Morgan fingerprint density at radius 2 is 1.84 bits per heavy atom. The van der Waals surface area contributed by atoms with Crippen molar-refractivity contribution in [2.24, 2.45) is 10.9 Å². The maximum Gasteiger partial charge on any atom is 0.413 e. The van der Waals surface area contributed by atoms with E-state index < -0.39 is 17.7 Å². The van der Waals surface area contributed by atoms with Crippen LogP contribution >= 0.6 is 0 Å². The molecule has 1 aliphatic carbocycles. The molecule has 0 radical (unpaired) electrons. The first-order chi connectivity index (χ1) is 18.4. The number of carbonyl (C=O) groups excluding carboxylic acids is 2. The van der Waals surface area contributed by atoms with Crippen LogP contribution in [0.15, 0.2) is 4.99 Å². The number of piperidine rings is 1. The molecular formula is C28H50N6O4. The maximum absolute atomic E-state index is 13.7. The van der Waals surface area contributed by atoms with Crippen LogP contribution in [0.2, 0.25) is 0 Å². The number of hydrogen-bond donors (Lipinski definition) is 2. The number of nitrogens with zero attached hydrogens (tertiary/aromatic N) is 4. The predicted molar refractivity (Wildman–Crippen MR) is 149 cm³/mol. The number of alkyl carbamates (subject to hydrolysis) is 1. The molecule has 0 bridgehead atoms. The third kappa shape index (κ3) is 9.73. The molecule has 2 saturated heterocycles. The van der Waals surface area contributed by atoms with Gasteiger partial charge in [0.1, 0.15) is 11.6 Å². The molecule has 10 heteroatoms. The molecule has 38 heavy (non-hydrogen) atoms. The van der Waals surface area contributed by atoms with Gasteiger partial charge in [-0.2, -0.15) is 5.26 Å². The molecule has 2 amide bonds. The summed E-state index contributed by atoms with van der Waals surface area (Å²) in [5, 5.41) is 15.9. The Morgan fingerprint density at radius 3 is 2.50 bits per heavy atom. The lowest BCUT2D eigenvalue weighted by Crippen LogP contribution is -2.56. The van der Waals surface area contributed by atoms with Crippen LogP contribution in [0.3, 0.4) is 0 Å². The van der Waals surface area contributed by atoms with Crippen LogP contribution in [0.5, 0.6) is 0 Å². The van der Waals surface area contributed by atoms with Crippen molar-refractivity contribution in [3.63, 3.8) is 0 Å². The second-order valence-electron chi connectivity index (χ2n) is 11.1. The number of guanidine groups is 1.